The Morgan fingerprint density at radius 2 is 2.23 bits per heavy atom. The SMILES string of the molecule is C=CC(=O)NC1CN(c2cnc3[nH]cc(-c4ccn(C)c(=O)c4)c3c2)C1. The number of pyridine rings is 2. The van der Waals surface area contributed by atoms with Gasteiger partial charge >= 0.3 is 0 Å². The van der Waals surface area contributed by atoms with Crippen molar-refractivity contribution in [2.45, 2.75) is 6.04 Å². The molecule has 0 aromatic carbocycles. The van der Waals surface area contributed by atoms with Gasteiger partial charge in [-0.25, -0.2) is 4.98 Å². The zero-order chi connectivity index (χ0) is 18.3. The number of aromatic nitrogens is 3. The van der Waals surface area contributed by atoms with E-state index in [2.05, 4.69) is 32.8 Å². The number of aromatic amines is 1. The summed E-state index contributed by atoms with van der Waals surface area (Å²) in [6.45, 7) is 4.93. The van der Waals surface area contributed by atoms with E-state index in [0.29, 0.717) is 0 Å². The molecule has 1 fully saturated rings. The summed E-state index contributed by atoms with van der Waals surface area (Å²) in [7, 11) is 1.73. The van der Waals surface area contributed by atoms with Crippen molar-refractivity contribution in [2.24, 2.45) is 7.05 Å². The van der Waals surface area contributed by atoms with Crippen molar-refractivity contribution >= 4 is 22.6 Å². The fourth-order valence-electron chi connectivity index (χ4n) is 3.16. The van der Waals surface area contributed by atoms with Crippen LogP contribution in [0.25, 0.3) is 22.2 Å². The molecule has 7 heteroatoms. The third-order valence-electron chi connectivity index (χ3n) is 4.71. The quantitative estimate of drug-likeness (QED) is 0.698. The van der Waals surface area contributed by atoms with Crippen molar-refractivity contribution in [1.29, 1.82) is 0 Å². The first-order chi connectivity index (χ1) is 12.5. The predicted octanol–water partition coefficient (Wildman–Crippen LogP) is 1.42. The molecule has 0 aliphatic carbocycles. The number of carbonyl (C=O) groups is 1. The second-order valence-electron chi connectivity index (χ2n) is 6.47. The van der Waals surface area contributed by atoms with E-state index in [1.165, 1.54) is 6.08 Å². The Morgan fingerprint density at radius 1 is 1.42 bits per heavy atom. The number of nitrogens with zero attached hydrogens (tertiary/aromatic N) is 3. The fraction of sp³-hybridized carbons (Fsp3) is 0.211. The molecule has 0 spiro atoms. The molecule has 0 saturated carbocycles. The highest BCUT2D eigenvalue weighted by Gasteiger charge is 2.28. The summed E-state index contributed by atoms with van der Waals surface area (Å²) in [6, 6.07) is 5.73. The molecule has 4 rings (SSSR count). The first-order valence-corrected chi connectivity index (χ1v) is 8.37. The normalized spacial score (nSPS) is 14.3. The Labute approximate surface area is 150 Å². The Morgan fingerprint density at radius 3 is 2.96 bits per heavy atom. The Kier molecular flexibility index (Phi) is 3.84. The van der Waals surface area contributed by atoms with Crippen molar-refractivity contribution in [3.8, 4) is 11.1 Å². The largest absolute Gasteiger partial charge is 0.366 e. The smallest absolute Gasteiger partial charge is 0.250 e. The Balaban J connectivity index is 1.61. The number of fused-ring (bicyclic) bond motifs is 1. The van der Waals surface area contributed by atoms with Gasteiger partial charge in [0.05, 0.1) is 17.9 Å². The van der Waals surface area contributed by atoms with Crippen LogP contribution in [0.3, 0.4) is 0 Å². The van der Waals surface area contributed by atoms with E-state index < -0.39 is 0 Å². The van der Waals surface area contributed by atoms with E-state index in [1.807, 2.05) is 18.5 Å². The molecule has 1 saturated heterocycles. The van der Waals surface area contributed by atoms with Crippen LogP contribution in [0.4, 0.5) is 5.69 Å². The number of amides is 1. The summed E-state index contributed by atoms with van der Waals surface area (Å²) in [5.74, 6) is -0.151. The highest BCUT2D eigenvalue weighted by atomic mass is 16.1. The van der Waals surface area contributed by atoms with Crippen LogP contribution in [0.1, 0.15) is 0 Å². The topological polar surface area (TPSA) is 83.0 Å². The molecule has 2 N–H and O–H groups in total. The van der Waals surface area contributed by atoms with Crippen LogP contribution in [0, 0.1) is 0 Å². The van der Waals surface area contributed by atoms with Gasteiger partial charge in [-0.1, -0.05) is 6.58 Å². The lowest BCUT2D eigenvalue weighted by Crippen LogP contribution is -2.59. The summed E-state index contributed by atoms with van der Waals surface area (Å²) < 4.78 is 1.54. The number of anilines is 1. The lowest BCUT2D eigenvalue weighted by Gasteiger charge is -2.40. The average molecular weight is 349 g/mol. The van der Waals surface area contributed by atoms with E-state index in [1.54, 1.807) is 23.9 Å². The summed E-state index contributed by atoms with van der Waals surface area (Å²) in [6.07, 6.45) is 6.74. The minimum absolute atomic E-state index is 0.0514. The molecule has 4 heterocycles. The van der Waals surface area contributed by atoms with Crippen LogP contribution in [-0.4, -0.2) is 39.6 Å². The molecule has 0 bridgehead atoms. The maximum absolute atomic E-state index is 11.9. The predicted molar refractivity (Wildman–Crippen MR) is 101 cm³/mol. The van der Waals surface area contributed by atoms with Gasteiger partial charge in [-0.3, -0.25) is 9.59 Å². The summed E-state index contributed by atoms with van der Waals surface area (Å²) in [4.78, 5) is 33.1. The second kappa shape index (κ2) is 6.18. The summed E-state index contributed by atoms with van der Waals surface area (Å²) in [5.41, 5.74) is 3.53. The molecule has 0 atom stereocenters. The van der Waals surface area contributed by atoms with Crippen molar-refractivity contribution in [1.82, 2.24) is 19.9 Å². The third kappa shape index (κ3) is 2.77. The molecular formula is C19H19N5O2. The lowest BCUT2D eigenvalue weighted by atomic mass is 10.1. The van der Waals surface area contributed by atoms with Crippen LogP contribution in [0.5, 0.6) is 0 Å². The van der Waals surface area contributed by atoms with E-state index in [0.717, 1.165) is 40.9 Å². The highest BCUT2D eigenvalue weighted by molar-refractivity contribution is 5.95. The summed E-state index contributed by atoms with van der Waals surface area (Å²) >= 11 is 0. The van der Waals surface area contributed by atoms with Crippen LogP contribution >= 0.6 is 0 Å². The zero-order valence-corrected chi connectivity index (χ0v) is 14.4. The molecule has 1 aliphatic heterocycles. The minimum Gasteiger partial charge on any atom is -0.366 e. The molecule has 3 aromatic rings. The maximum atomic E-state index is 11.9. The molecule has 1 aliphatic rings. The van der Waals surface area contributed by atoms with Gasteiger partial charge in [0, 0.05) is 49.5 Å². The number of hydrogen-bond donors (Lipinski definition) is 2. The van der Waals surface area contributed by atoms with Crippen molar-refractivity contribution in [3.63, 3.8) is 0 Å². The molecule has 3 aromatic heterocycles. The molecule has 0 radical (unpaired) electrons. The van der Waals surface area contributed by atoms with Crippen molar-refractivity contribution in [2.75, 3.05) is 18.0 Å². The van der Waals surface area contributed by atoms with Crippen LogP contribution < -0.4 is 15.8 Å². The summed E-state index contributed by atoms with van der Waals surface area (Å²) in [5, 5.41) is 3.85. The molecule has 7 nitrogen and oxygen atoms in total. The molecule has 0 unspecified atom stereocenters. The van der Waals surface area contributed by atoms with E-state index in [-0.39, 0.29) is 17.5 Å². The van der Waals surface area contributed by atoms with E-state index in [4.69, 9.17) is 0 Å². The number of nitrogens with one attached hydrogen (secondary N) is 2. The molecule has 132 valence electrons. The van der Waals surface area contributed by atoms with E-state index >= 15 is 0 Å². The molecular weight excluding hydrogens is 330 g/mol. The number of carbonyl (C=O) groups excluding carboxylic acids is 1. The third-order valence-corrected chi connectivity index (χ3v) is 4.71. The lowest BCUT2D eigenvalue weighted by molar-refractivity contribution is -0.117. The van der Waals surface area contributed by atoms with Crippen LogP contribution in [0.2, 0.25) is 0 Å². The van der Waals surface area contributed by atoms with Gasteiger partial charge < -0.3 is 19.8 Å². The highest BCUT2D eigenvalue weighted by Crippen LogP contribution is 2.31. The second-order valence-corrected chi connectivity index (χ2v) is 6.47. The van der Waals surface area contributed by atoms with Crippen molar-refractivity contribution < 1.29 is 4.79 Å². The minimum atomic E-state index is -0.151. The number of aryl methyl sites for hydroxylation is 1. The van der Waals surface area contributed by atoms with Gasteiger partial charge in [-0.05, 0) is 23.8 Å². The average Bonchev–Trinajstić information content (AvgIpc) is 3.03. The number of H-pyrrole nitrogens is 1. The van der Waals surface area contributed by atoms with Gasteiger partial charge in [0.2, 0.25) is 5.91 Å². The number of hydrogen-bond acceptors (Lipinski definition) is 4. The van der Waals surface area contributed by atoms with Gasteiger partial charge in [-0.2, -0.15) is 0 Å². The van der Waals surface area contributed by atoms with Crippen LogP contribution in [-0.2, 0) is 11.8 Å². The molecule has 26 heavy (non-hydrogen) atoms. The monoisotopic (exact) mass is 349 g/mol. The maximum Gasteiger partial charge on any atom is 0.250 e. The fourth-order valence-corrected chi connectivity index (χ4v) is 3.16. The van der Waals surface area contributed by atoms with Gasteiger partial charge in [0.25, 0.3) is 5.56 Å². The standard InChI is InChI=1S/C19H19N5O2/c1-3-17(25)22-13-10-24(11-13)14-7-15-16(9-21-19(15)20-8-14)12-4-5-23(2)18(26)6-12/h3-9,13H,1,10-11H2,2H3,(H,20,21)(H,22,25). The van der Waals surface area contributed by atoms with Crippen molar-refractivity contribution in [3.05, 3.63) is 59.8 Å². The van der Waals surface area contributed by atoms with Crippen LogP contribution in [0.15, 0.2) is 54.2 Å². The van der Waals surface area contributed by atoms with E-state index in [9.17, 15) is 9.59 Å². The first kappa shape index (κ1) is 16.1. The molecule has 1 amide bonds. The van der Waals surface area contributed by atoms with Gasteiger partial charge in [0.1, 0.15) is 5.65 Å². The Hall–Kier alpha value is -3.35. The Bertz CT molecular complexity index is 1060. The van der Waals surface area contributed by atoms with Gasteiger partial charge in [-0.15, -0.1) is 0 Å². The first-order valence-electron chi connectivity index (χ1n) is 8.37. The zero-order valence-electron chi connectivity index (χ0n) is 14.4. The van der Waals surface area contributed by atoms with Gasteiger partial charge in [0.15, 0.2) is 0 Å². The number of rotatable bonds is 4.